The average Bonchev–Trinajstić information content (AvgIpc) is 2.93. The van der Waals surface area contributed by atoms with Gasteiger partial charge in [0.25, 0.3) is 0 Å². The Morgan fingerprint density at radius 2 is 2.05 bits per heavy atom. The molecule has 0 aliphatic heterocycles. The van der Waals surface area contributed by atoms with Crippen LogP contribution in [-0.2, 0) is 14.8 Å². The van der Waals surface area contributed by atoms with Crippen LogP contribution in [0.2, 0.25) is 5.02 Å². The number of carbonyl (C=O) groups excluding carboxylic acids is 1. The van der Waals surface area contributed by atoms with Crippen LogP contribution >= 0.6 is 22.9 Å². The molecule has 1 heterocycles. The van der Waals surface area contributed by atoms with Gasteiger partial charge in [0.15, 0.2) is 0 Å². The van der Waals surface area contributed by atoms with E-state index < -0.39 is 16.0 Å². The molecular weight excluding hydrogens is 350 g/mol. The van der Waals surface area contributed by atoms with E-state index in [0.717, 1.165) is 11.3 Å². The van der Waals surface area contributed by atoms with Crippen LogP contribution in [0.25, 0.3) is 0 Å². The first-order valence-corrected chi connectivity index (χ1v) is 8.83. The van der Waals surface area contributed by atoms with E-state index in [1.165, 1.54) is 11.4 Å². The van der Waals surface area contributed by atoms with Crippen molar-refractivity contribution in [3.05, 3.63) is 46.3 Å². The largest absolute Gasteiger partial charge is 0.490 e. The van der Waals surface area contributed by atoms with E-state index >= 15 is 0 Å². The van der Waals surface area contributed by atoms with Crippen molar-refractivity contribution in [3.8, 4) is 5.75 Å². The smallest absolute Gasteiger partial charge is 0.339 e. The van der Waals surface area contributed by atoms with Crippen LogP contribution in [0, 0.1) is 0 Å². The highest BCUT2D eigenvalue weighted by molar-refractivity contribution is 7.91. The molecule has 0 bridgehead atoms. The summed E-state index contributed by atoms with van der Waals surface area (Å²) in [7, 11) is -3.81. The highest BCUT2D eigenvalue weighted by Crippen LogP contribution is 2.19. The summed E-state index contributed by atoms with van der Waals surface area (Å²) in [5.41, 5.74) is 0.136. The third kappa shape index (κ3) is 4.70. The van der Waals surface area contributed by atoms with Crippen LogP contribution in [0.5, 0.6) is 5.75 Å². The van der Waals surface area contributed by atoms with E-state index in [9.17, 15) is 13.2 Å². The molecule has 0 saturated carbocycles. The molecule has 9 heteroatoms. The predicted molar refractivity (Wildman–Crippen MR) is 82.9 cm³/mol. The van der Waals surface area contributed by atoms with Crippen molar-refractivity contribution in [1.29, 1.82) is 0 Å². The minimum absolute atomic E-state index is 0.0197. The van der Waals surface area contributed by atoms with Crippen molar-refractivity contribution >= 4 is 38.9 Å². The molecule has 1 aromatic carbocycles. The number of carbonyl (C=O) groups is 1. The molecule has 118 valence electrons. The second-order valence-electron chi connectivity index (χ2n) is 4.14. The summed E-state index contributed by atoms with van der Waals surface area (Å²) in [6.45, 7) is 0.171. The van der Waals surface area contributed by atoms with E-state index in [4.69, 9.17) is 26.2 Å². The number of sulfonamides is 1. The first kappa shape index (κ1) is 16.8. The predicted octanol–water partition coefficient (Wildman–Crippen LogP) is 2.28. The second-order valence-corrected chi connectivity index (χ2v) is 7.28. The lowest BCUT2D eigenvalue weighted by atomic mass is 10.3. The van der Waals surface area contributed by atoms with Gasteiger partial charge in [-0.05, 0) is 24.3 Å². The van der Waals surface area contributed by atoms with E-state index in [1.807, 2.05) is 0 Å². The maximum atomic E-state index is 11.7. The fourth-order valence-corrected chi connectivity index (χ4v) is 3.26. The van der Waals surface area contributed by atoms with E-state index in [2.05, 4.69) is 0 Å². The molecule has 0 aliphatic carbocycles. The van der Waals surface area contributed by atoms with Gasteiger partial charge in [-0.2, -0.15) is 0 Å². The lowest BCUT2D eigenvalue weighted by Gasteiger charge is -2.07. The molecule has 0 amide bonds. The summed E-state index contributed by atoms with van der Waals surface area (Å²) in [4.78, 5) is 11.7. The molecule has 0 atom stereocenters. The monoisotopic (exact) mass is 361 g/mol. The fourth-order valence-electron chi connectivity index (χ4n) is 1.51. The molecule has 2 aromatic rings. The summed E-state index contributed by atoms with van der Waals surface area (Å²) in [5, 5.41) is 6.89. The molecule has 0 saturated heterocycles. The summed E-state index contributed by atoms with van der Waals surface area (Å²) >= 11 is 6.67. The third-order valence-electron chi connectivity index (χ3n) is 2.47. The zero-order valence-corrected chi connectivity index (χ0v) is 13.6. The van der Waals surface area contributed by atoms with E-state index in [1.54, 1.807) is 24.3 Å². The Morgan fingerprint density at radius 1 is 1.27 bits per heavy atom. The number of primary sulfonamides is 1. The molecule has 0 fully saturated rings. The van der Waals surface area contributed by atoms with Crippen molar-refractivity contribution in [1.82, 2.24) is 0 Å². The summed E-state index contributed by atoms with van der Waals surface area (Å²) < 4.78 is 32.5. The quantitative estimate of drug-likeness (QED) is 0.629. The minimum atomic E-state index is -3.81. The SMILES string of the molecule is NS(=O)(=O)c1cc(C(=O)OCCOc2cccc(Cl)c2)cs1. The summed E-state index contributed by atoms with van der Waals surface area (Å²) in [6, 6.07) is 8.00. The van der Waals surface area contributed by atoms with Gasteiger partial charge in [0, 0.05) is 10.4 Å². The summed E-state index contributed by atoms with van der Waals surface area (Å²) in [5.74, 6) is -0.0727. The van der Waals surface area contributed by atoms with Gasteiger partial charge in [-0.25, -0.2) is 18.4 Å². The number of thiophene rings is 1. The number of rotatable bonds is 6. The third-order valence-corrected chi connectivity index (χ3v) is 5.09. The van der Waals surface area contributed by atoms with E-state index in [-0.39, 0.29) is 23.0 Å². The standard InChI is InChI=1S/C13H12ClNO5S2/c14-10-2-1-3-11(7-10)19-4-5-20-13(16)9-6-12(21-8-9)22(15,17)18/h1-3,6-8H,4-5H2,(H2,15,17,18). The number of nitrogens with two attached hydrogens (primary N) is 1. The molecule has 22 heavy (non-hydrogen) atoms. The number of halogens is 1. The van der Waals surface area contributed by atoms with Crippen molar-refractivity contribution in [2.24, 2.45) is 5.14 Å². The molecule has 6 nitrogen and oxygen atoms in total. The minimum Gasteiger partial charge on any atom is -0.490 e. The van der Waals surface area contributed by atoms with Gasteiger partial charge in [-0.15, -0.1) is 11.3 Å². The maximum absolute atomic E-state index is 11.7. The number of hydrogen-bond acceptors (Lipinski definition) is 6. The lowest BCUT2D eigenvalue weighted by molar-refractivity contribution is 0.0451. The average molecular weight is 362 g/mol. The van der Waals surface area contributed by atoms with Gasteiger partial charge >= 0.3 is 5.97 Å². The van der Waals surface area contributed by atoms with Gasteiger partial charge in [0.05, 0.1) is 5.56 Å². The van der Waals surface area contributed by atoms with Gasteiger partial charge in [0.2, 0.25) is 10.0 Å². The normalized spacial score (nSPS) is 11.2. The Kier molecular flexibility index (Phi) is 5.41. The molecular formula is C13H12ClNO5S2. The van der Waals surface area contributed by atoms with Gasteiger partial charge in [-0.3, -0.25) is 0 Å². The number of hydrogen-bond donors (Lipinski definition) is 1. The number of esters is 1. The lowest BCUT2D eigenvalue weighted by Crippen LogP contribution is -2.12. The van der Waals surface area contributed by atoms with E-state index in [0.29, 0.717) is 10.8 Å². The van der Waals surface area contributed by atoms with Crippen LogP contribution in [0.4, 0.5) is 0 Å². The molecule has 0 radical (unpaired) electrons. The Morgan fingerprint density at radius 3 is 2.68 bits per heavy atom. The first-order valence-electron chi connectivity index (χ1n) is 6.03. The first-order chi connectivity index (χ1) is 10.4. The Labute approximate surface area is 136 Å². The van der Waals surface area contributed by atoms with Crippen LogP contribution in [0.1, 0.15) is 10.4 Å². The van der Waals surface area contributed by atoms with Crippen molar-refractivity contribution in [2.45, 2.75) is 4.21 Å². The Bertz CT molecular complexity index is 772. The van der Waals surface area contributed by atoms with Crippen molar-refractivity contribution < 1.29 is 22.7 Å². The molecule has 2 rings (SSSR count). The van der Waals surface area contributed by atoms with Crippen molar-refractivity contribution in [2.75, 3.05) is 13.2 Å². The zero-order valence-electron chi connectivity index (χ0n) is 11.2. The highest BCUT2D eigenvalue weighted by atomic mass is 35.5. The molecule has 0 spiro atoms. The molecule has 0 unspecified atom stereocenters. The Balaban J connectivity index is 1.82. The molecule has 0 aliphatic rings. The van der Waals surface area contributed by atoms with Gasteiger partial charge in [0.1, 0.15) is 23.2 Å². The van der Waals surface area contributed by atoms with Crippen molar-refractivity contribution in [3.63, 3.8) is 0 Å². The zero-order chi connectivity index (χ0) is 16.2. The molecule has 1 aromatic heterocycles. The van der Waals surface area contributed by atoms with Crippen LogP contribution < -0.4 is 9.88 Å². The van der Waals surface area contributed by atoms with Crippen LogP contribution in [0.3, 0.4) is 0 Å². The topological polar surface area (TPSA) is 95.7 Å². The maximum Gasteiger partial charge on any atom is 0.339 e. The Hall–Kier alpha value is -1.61. The van der Waals surface area contributed by atoms with Gasteiger partial charge < -0.3 is 9.47 Å². The highest BCUT2D eigenvalue weighted by Gasteiger charge is 2.16. The fraction of sp³-hybridized carbons (Fsp3) is 0.154. The van der Waals surface area contributed by atoms with Gasteiger partial charge in [-0.1, -0.05) is 17.7 Å². The molecule has 2 N–H and O–H groups in total. The summed E-state index contributed by atoms with van der Waals surface area (Å²) in [6.07, 6.45) is 0. The second kappa shape index (κ2) is 7.10. The number of ether oxygens (including phenoxy) is 2. The number of benzene rings is 1. The van der Waals surface area contributed by atoms with Crippen LogP contribution in [0.15, 0.2) is 39.9 Å². The van der Waals surface area contributed by atoms with Crippen LogP contribution in [-0.4, -0.2) is 27.6 Å².